The molecule has 0 aromatic heterocycles. The number of rotatable bonds is 3. The van der Waals surface area contributed by atoms with Gasteiger partial charge >= 0.3 is 5.97 Å². The molecule has 2 aromatic carbocycles. The Hall–Kier alpha value is -2.42. The highest BCUT2D eigenvalue weighted by Crippen LogP contribution is 2.13. The second-order valence-electron chi connectivity index (χ2n) is 3.44. The van der Waals surface area contributed by atoms with Gasteiger partial charge in [0.2, 0.25) is 0 Å². The predicted molar refractivity (Wildman–Crippen MR) is 63.2 cm³/mol. The van der Waals surface area contributed by atoms with Gasteiger partial charge < -0.3 is 4.74 Å². The molecule has 0 aliphatic heterocycles. The maximum absolute atomic E-state index is 11.7. The first-order valence-electron chi connectivity index (χ1n) is 5.12. The molecule has 0 aliphatic carbocycles. The number of aldehydes is 1. The van der Waals surface area contributed by atoms with Gasteiger partial charge in [-0.2, -0.15) is 0 Å². The highest BCUT2D eigenvalue weighted by atomic mass is 16.5. The van der Waals surface area contributed by atoms with E-state index in [0.29, 0.717) is 16.9 Å². The Morgan fingerprint density at radius 1 is 0.941 bits per heavy atom. The van der Waals surface area contributed by atoms with Gasteiger partial charge in [0.1, 0.15) is 12.0 Å². The van der Waals surface area contributed by atoms with E-state index in [0.717, 1.165) is 6.29 Å². The number of esters is 1. The third kappa shape index (κ3) is 2.78. The van der Waals surface area contributed by atoms with E-state index in [-0.39, 0.29) is 0 Å². The number of carbonyl (C=O) groups excluding carboxylic acids is 2. The number of hydrogen-bond acceptors (Lipinski definition) is 3. The first-order chi connectivity index (χ1) is 8.29. The minimum Gasteiger partial charge on any atom is -0.423 e. The van der Waals surface area contributed by atoms with E-state index < -0.39 is 5.97 Å². The topological polar surface area (TPSA) is 43.4 Å². The first-order valence-corrected chi connectivity index (χ1v) is 5.12. The minimum absolute atomic E-state index is 0.413. The molecule has 0 atom stereocenters. The van der Waals surface area contributed by atoms with Crippen molar-refractivity contribution < 1.29 is 14.3 Å². The maximum Gasteiger partial charge on any atom is 0.343 e. The second kappa shape index (κ2) is 5.07. The Balaban J connectivity index is 2.10. The zero-order valence-electron chi connectivity index (χ0n) is 9.00. The summed E-state index contributed by atoms with van der Waals surface area (Å²) in [5.74, 6) is 0.00825. The van der Waals surface area contributed by atoms with E-state index in [1.807, 2.05) is 6.07 Å². The molecule has 0 saturated carbocycles. The molecule has 0 unspecified atom stereocenters. The van der Waals surface area contributed by atoms with Crippen LogP contribution in [0.3, 0.4) is 0 Å². The van der Waals surface area contributed by atoms with E-state index in [9.17, 15) is 9.59 Å². The molecule has 0 radical (unpaired) electrons. The smallest absolute Gasteiger partial charge is 0.343 e. The van der Waals surface area contributed by atoms with Crippen LogP contribution >= 0.6 is 0 Å². The molecular formula is C14H10O3. The fraction of sp³-hybridized carbons (Fsp3) is 0. The maximum atomic E-state index is 11.7. The Bertz CT molecular complexity index is 515. The number of carbonyl (C=O) groups is 2. The minimum atomic E-state index is -0.413. The number of hydrogen-bond donors (Lipinski definition) is 0. The molecule has 2 rings (SSSR count). The van der Waals surface area contributed by atoms with Crippen LogP contribution in [0.15, 0.2) is 54.6 Å². The van der Waals surface area contributed by atoms with Gasteiger partial charge in [0, 0.05) is 5.56 Å². The van der Waals surface area contributed by atoms with Gasteiger partial charge in [0.25, 0.3) is 0 Å². The average molecular weight is 226 g/mol. The molecule has 0 amide bonds. The fourth-order valence-corrected chi connectivity index (χ4v) is 1.35. The summed E-state index contributed by atoms with van der Waals surface area (Å²) in [6.07, 6.45) is 0.739. The average Bonchev–Trinajstić information content (AvgIpc) is 2.40. The van der Waals surface area contributed by atoms with Gasteiger partial charge in [-0.1, -0.05) is 18.2 Å². The molecule has 0 spiro atoms. The van der Waals surface area contributed by atoms with E-state index in [1.54, 1.807) is 48.5 Å². The SMILES string of the molecule is O=Cc1ccc(OC(=O)c2ccccc2)cc1. The van der Waals surface area contributed by atoms with Gasteiger partial charge in [-0.05, 0) is 36.4 Å². The number of benzene rings is 2. The van der Waals surface area contributed by atoms with Crippen molar-refractivity contribution in [3.63, 3.8) is 0 Å². The highest BCUT2D eigenvalue weighted by molar-refractivity contribution is 5.91. The van der Waals surface area contributed by atoms with Gasteiger partial charge in [0.05, 0.1) is 5.56 Å². The molecule has 0 heterocycles. The molecule has 0 saturated heterocycles. The Kier molecular flexibility index (Phi) is 3.31. The molecular weight excluding hydrogens is 216 g/mol. The lowest BCUT2D eigenvalue weighted by molar-refractivity contribution is 0.0734. The largest absolute Gasteiger partial charge is 0.423 e. The van der Waals surface area contributed by atoms with Crippen LogP contribution in [-0.4, -0.2) is 12.3 Å². The van der Waals surface area contributed by atoms with Crippen molar-refractivity contribution >= 4 is 12.3 Å². The van der Waals surface area contributed by atoms with Gasteiger partial charge in [-0.25, -0.2) is 4.79 Å². The Morgan fingerprint density at radius 3 is 2.18 bits per heavy atom. The van der Waals surface area contributed by atoms with Crippen molar-refractivity contribution in [1.82, 2.24) is 0 Å². The van der Waals surface area contributed by atoms with Crippen LogP contribution in [-0.2, 0) is 0 Å². The lowest BCUT2D eigenvalue weighted by atomic mass is 10.2. The molecule has 2 aromatic rings. The summed E-state index contributed by atoms with van der Waals surface area (Å²) in [4.78, 5) is 22.1. The van der Waals surface area contributed by atoms with Gasteiger partial charge in [0.15, 0.2) is 0 Å². The summed E-state index contributed by atoms with van der Waals surface area (Å²) in [6, 6.07) is 15.1. The lowest BCUT2D eigenvalue weighted by Crippen LogP contribution is -2.07. The van der Waals surface area contributed by atoms with Crippen molar-refractivity contribution in [3.05, 3.63) is 65.7 Å². The van der Waals surface area contributed by atoms with Crippen LogP contribution in [0.2, 0.25) is 0 Å². The molecule has 3 nitrogen and oxygen atoms in total. The van der Waals surface area contributed by atoms with Crippen LogP contribution in [0.1, 0.15) is 20.7 Å². The van der Waals surface area contributed by atoms with E-state index in [4.69, 9.17) is 4.74 Å². The Labute approximate surface area is 98.7 Å². The normalized spacial score (nSPS) is 9.65. The molecule has 0 fully saturated rings. The molecule has 0 N–H and O–H groups in total. The standard InChI is InChI=1S/C14H10O3/c15-10-11-6-8-13(9-7-11)17-14(16)12-4-2-1-3-5-12/h1-10H. The lowest BCUT2D eigenvalue weighted by Gasteiger charge is -2.03. The Morgan fingerprint density at radius 2 is 1.59 bits per heavy atom. The third-order valence-corrected chi connectivity index (χ3v) is 2.24. The zero-order chi connectivity index (χ0) is 12.1. The van der Waals surface area contributed by atoms with Crippen LogP contribution in [0.25, 0.3) is 0 Å². The van der Waals surface area contributed by atoms with Crippen molar-refractivity contribution in [2.75, 3.05) is 0 Å². The number of ether oxygens (including phenoxy) is 1. The quantitative estimate of drug-likeness (QED) is 0.459. The molecule has 0 aliphatic rings. The van der Waals surface area contributed by atoms with Gasteiger partial charge in [-0.15, -0.1) is 0 Å². The van der Waals surface area contributed by atoms with Crippen LogP contribution in [0.5, 0.6) is 5.75 Å². The van der Waals surface area contributed by atoms with E-state index in [2.05, 4.69) is 0 Å². The van der Waals surface area contributed by atoms with Crippen molar-refractivity contribution in [2.24, 2.45) is 0 Å². The third-order valence-electron chi connectivity index (χ3n) is 2.24. The van der Waals surface area contributed by atoms with E-state index in [1.165, 1.54) is 0 Å². The van der Waals surface area contributed by atoms with Crippen molar-refractivity contribution in [3.8, 4) is 5.75 Å². The summed E-state index contributed by atoms with van der Waals surface area (Å²) in [6.45, 7) is 0. The fourth-order valence-electron chi connectivity index (χ4n) is 1.35. The molecule has 3 heteroatoms. The second-order valence-corrected chi connectivity index (χ2v) is 3.44. The van der Waals surface area contributed by atoms with Crippen LogP contribution < -0.4 is 4.74 Å². The zero-order valence-corrected chi connectivity index (χ0v) is 9.00. The summed E-state index contributed by atoms with van der Waals surface area (Å²) in [7, 11) is 0. The first kappa shape index (κ1) is 11.1. The van der Waals surface area contributed by atoms with Crippen LogP contribution in [0, 0.1) is 0 Å². The monoisotopic (exact) mass is 226 g/mol. The molecule has 84 valence electrons. The summed E-state index contributed by atoms with van der Waals surface area (Å²) in [5.41, 5.74) is 1.04. The predicted octanol–water partition coefficient (Wildman–Crippen LogP) is 2.72. The summed E-state index contributed by atoms with van der Waals surface area (Å²) >= 11 is 0. The van der Waals surface area contributed by atoms with E-state index >= 15 is 0 Å². The van der Waals surface area contributed by atoms with Crippen LogP contribution in [0.4, 0.5) is 0 Å². The summed E-state index contributed by atoms with van der Waals surface area (Å²) < 4.78 is 5.15. The molecule has 0 bridgehead atoms. The summed E-state index contributed by atoms with van der Waals surface area (Å²) in [5, 5.41) is 0. The van der Waals surface area contributed by atoms with Gasteiger partial charge in [-0.3, -0.25) is 4.79 Å². The van der Waals surface area contributed by atoms with Crippen molar-refractivity contribution in [2.45, 2.75) is 0 Å². The van der Waals surface area contributed by atoms with Crippen molar-refractivity contribution in [1.29, 1.82) is 0 Å². The molecule has 17 heavy (non-hydrogen) atoms. The highest BCUT2D eigenvalue weighted by Gasteiger charge is 2.07.